The van der Waals surface area contributed by atoms with Crippen LogP contribution in [0.1, 0.15) is 65.2 Å². The molecule has 0 atom stereocenters. The van der Waals surface area contributed by atoms with Crippen LogP contribution in [-0.4, -0.2) is 51.8 Å². The monoisotopic (exact) mass is 321 g/mol. The number of imide groups is 1. The number of urea groups is 1. The van der Waals surface area contributed by atoms with Gasteiger partial charge in [-0.2, -0.15) is 0 Å². The lowest BCUT2D eigenvalue weighted by Crippen LogP contribution is -2.44. The van der Waals surface area contributed by atoms with Crippen molar-refractivity contribution in [3.05, 3.63) is 0 Å². The van der Waals surface area contributed by atoms with Gasteiger partial charge in [0.25, 0.3) is 5.91 Å². The maximum Gasteiger partial charge on any atom is 0.325 e. The van der Waals surface area contributed by atoms with Crippen LogP contribution in [0.25, 0.3) is 0 Å². The molecule has 1 spiro atoms. The van der Waals surface area contributed by atoms with Crippen LogP contribution < -0.4 is 5.32 Å². The Bertz CT molecular complexity index is 505. The number of nitrogens with one attached hydrogen (secondary N) is 1. The molecule has 0 bridgehead atoms. The highest BCUT2D eigenvalue weighted by molar-refractivity contribution is 6.07. The molecule has 128 valence electrons. The van der Waals surface area contributed by atoms with Crippen LogP contribution in [0, 0.1) is 0 Å². The standard InChI is InChI=1S/C17H27N3O3/c1-12(2)20(13-7-8-13)14(21)6-5-11-19-15(22)17(18-16(19)23)9-3-4-10-17/h12-13H,3-11H2,1-2H3,(H,18,23). The number of carbonyl (C=O) groups is 3. The van der Waals surface area contributed by atoms with Crippen molar-refractivity contribution in [1.29, 1.82) is 0 Å². The van der Waals surface area contributed by atoms with Gasteiger partial charge in [-0.15, -0.1) is 0 Å². The van der Waals surface area contributed by atoms with E-state index in [1.54, 1.807) is 0 Å². The first-order chi connectivity index (χ1) is 10.9. The van der Waals surface area contributed by atoms with Gasteiger partial charge in [0.2, 0.25) is 5.91 Å². The van der Waals surface area contributed by atoms with E-state index < -0.39 is 5.54 Å². The van der Waals surface area contributed by atoms with Crippen LogP contribution in [-0.2, 0) is 9.59 Å². The van der Waals surface area contributed by atoms with Crippen LogP contribution in [0.2, 0.25) is 0 Å². The third kappa shape index (κ3) is 3.08. The second-order valence-corrected chi connectivity index (χ2v) is 7.41. The Kier molecular flexibility index (Phi) is 4.34. The Hall–Kier alpha value is -1.59. The van der Waals surface area contributed by atoms with E-state index in [0.717, 1.165) is 38.5 Å². The molecule has 0 aromatic heterocycles. The summed E-state index contributed by atoms with van der Waals surface area (Å²) >= 11 is 0. The van der Waals surface area contributed by atoms with Gasteiger partial charge >= 0.3 is 6.03 Å². The first kappa shape index (κ1) is 16.3. The topological polar surface area (TPSA) is 69.7 Å². The van der Waals surface area contributed by atoms with E-state index in [0.29, 0.717) is 25.4 Å². The van der Waals surface area contributed by atoms with Crippen molar-refractivity contribution in [2.24, 2.45) is 0 Å². The highest BCUT2D eigenvalue weighted by Crippen LogP contribution is 2.35. The van der Waals surface area contributed by atoms with Gasteiger partial charge in [-0.3, -0.25) is 14.5 Å². The van der Waals surface area contributed by atoms with Gasteiger partial charge in [-0.25, -0.2) is 4.79 Å². The highest BCUT2D eigenvalue weighted by atomic mass is 16.2. The Balaban J connectivity index is 1.51. The summed E-state index contributed by atoms with van der Waals surface area (Å²) in [5.74, 6) is 0.0560. The van der Waals surface area contributed by atoms with Crippen molar-refractivity contribution >= 4 is 17.8 Å². The third-order valence-electron chi connectivity index (χ3n) is 5.26. The summed E-state index contributed by atoms with van der Waals surface area (Å²) in [6.07, 6.45) is 6.61. The smallest absolute Gasteiger partial charge is 0.325 e. The summed E-state index contributed by atoms with van der Waals surface area (Å²) in [6.45, 7) is 4.42. The van der Waals surface area contributed by atoms with Gasteiger partial charge in [-0.05, 0) is 46.0 Å². The molecular formula is C17H27N3O3. The molecule has 6 nitrogen and oxygen atoms in total. The number of hydrogen-bond acceptors (Lipinski definition) is 3. The molecule has 0 unspecified atom stereocenters. The van der Waals surface area contributed by atoms with E-state index in [9.17, 15) is 14.4 Å². The van der Waals surface area contributed by atoms with Crippen molar-refractivity contribution in [3.63, 3.8) is 0 Å². The fraction of sp³-hybridized carbons (Fsp3) is 0.824. The zero-order valence-electron chi connectivity index (χ0n) is 14.1. The minimum atomic E-state index is -0.640. The molecule has 1 aliphatic heterocycles. The molecule has 1 N–H and O–H groups in total. The summed E-state index contributed by atoms with van der Waals surface area (Å²) in [5, 5.41) is 2.88. The van der Waals surface area contributed by atoms with E-state index in [-0.39, 0.29) is 23.9 Å². The molecule has 3 rings (SSSR count). The second-order valence-electron chi connectivity index (χ2n) is 7.41. The number of hydrogen-bond donors (Lipinski definition) is 1. The van der Waals surface area contributed by atoms with Gasteiger partial charge in [-0.1, -0.05) is 12.8 Å². The minimum Gasteiger partial charge on any atom is -0.337 e. The van der Waals surface area contributed by atoms with Crippen molar-refractivity contribution in [2.45, 2.75) is 82.8 Å². The van der Waals surface area contributed by atoms with Crippen LogP contribution >= 0.6 is 0 Å². The summed E-state index contributed by atoms with van der Waals surface area (Å²) in [7, 11) is 0. The zero-order valence-corrected chi connectivity index (χ0v) is 14.1. The van der Waals surface area contributed by atoms with Crippen LogP contribution in [0.3, 0.4) is 0 Å². The maximum atomic E-state index is 12.5. The molecule has 1 heterocycles. The highest BCUT2D eigenvalue weighted by Gasteiger charge is 2.52. The Morgan fingerprint density at radius 2 is 1.96 bits per heavy atom. The average molecular weight is 321 g/mol. The molecule has 2 saturated carbocycles. The number of carbonyl (C=O) groups excluding carboxylic acids is 3. The fourth-order valence-corrected chi connectivity index (χ4v) is 3.98. The minimum absolute atomic E-state index is 0.0876. The Morgan fingerprint density at radius 1 is 1.30 bits per heavy atom. The van der Waals surface area contributed by atoms with Gasteiger partial charge in [0, 0.05) is 25.0 Å². The lowest BCUT2D eigenvalue weighted by molar-refractivity contribution is -0.135. The Morgan fingerprint density at radius 3 is 2.52 bits per heavy atom. The van der Waals surface area contributed by atoms with E-state index in [4.69, 9.17) is 0 Å². The van der Waals surface area contributed by atoms with E-state index >= 15 is 0 Å². The summed E-state index contributed by atoms with van der Waals surface area (Å²) in [6, 6.07) is 0.335. The molecule has 3 aliphatic rings. The summed E-state index contributed by atoms with van der Waals surface area (Å²) in [4.78, 5) is 40.3. The van der Waals surface area contributed by atoms with E-state index in [2.05, 4.69) is 5.32 Å². The molecule has 23 heavy (non-hydrogen) atoms. The quantitative estimate of drug-likeness (QED) is 0.761. The van der Waals surface area contributed by atoms with Crippen molar-refractivity contribution < 1.29 is 14.4 Å². The van der Waals surface area contributed by atoms with Gasteiger partial charge in [0.1, 0.15) is 5.54 Å². The van der Waals surface area contributed by atoms with Crippen molar-refractivity contribution in [1.82, 2.24) is 15.1 Å². The van der Waals surface area contributed by atoms with Gasteiger partial charge in [0.05, 0.1) is 0 Å². The molecule has 2 aliphatic carbocycles. The number of amides is 4. The zero-order chi connectivity index (χ0) is 16.6. The molecule has 0 aromatic carbocycles. The molecule has 0 radical (unpaired) electrons. The molecule has 3 fully saturated rings. The first-order valence-corrected chi connectivity index (χ1v) is 8.90. The SMILES string of the molecule is CC(C)N(C(=O)CCCN1C(=O)NC2(CCCC2)C1=O)C1CC1. The largest absolute Gasteiger partial charge is 0.337 e. The fourth-order valence-electron chi connectivity index (χ4n) is 3.98. The van der Waals surface area contributed by atoms with Crippen molar-refractivity contribution in [2.75, 3.05) is 6.54 Å². The first-order valence-electron chi connectivity index (χ1n) is 8.90. The predicted octanol–water partition coefficient (Wildman–Crippen LogP) is 2.03. The van der Waals surface area contributed by atoms with Crippen LogP contribution in [0.4, 0.5) is 4.79 Å². The molecule has 1 saturated heterocycles. The summed E-state index contributed by atoms with van der Waals surface area (Å²) in [5.41, 5.74) is -0.640. The Labute approximate surface area is 137 Å². The third-order valence-corrected chi connectivity index (χ3v) is 5.26. The number of nitrogens with zero attached hydrogens (tertiary/aromatic N) is 2. The van der Waals surface area contributed by atoms with Crippen LogP contribution in [0.5, 0.6) is 0 Å². The van der Waals surface area contributed by atoms with Crippen LogP contribution in [0.15, 0.2) is 0 Å². The lowest BCUT2D eigenvalue weighted by Gasteiger charge is -2.27. The van der Waals surface area contributed by atoms with Crippen molar-refractivity contribution in [3.8, 4) is 0 Å². The lowest BCUT2D eigenvalue weighted by atomic mass is 9.98. The molecule has 6 heteroatoms. The predicted molar refractivity (Wildman–Crippen MR) is 85.7 cm³/mol. The molecular weight excluding hydrogens is 294 g/mol. The van der Waals surface area contributed by atoms with Gasteiger partial charge < -0.3 is 10.2 Å². The summed E-state index contributed by atoms with van der Waals surface area (Å²) < 4.78 is 0. The molecule has 4 amide bonds. The second kappa shape index (κ2) is 6.13. The van der Waals surface area contributed by atoms with E-state index in [1.165, 1.54) is 4.90 Å². The molecule has 0 aromatic rings. The average Bonchev–Trinajstić information content (AvgIpc) is 3.14. The number of rotatable bonds is 6. The normalized spacial score (nSPS) is 23.0. The van der Waals surface area contributed by atoms with E-state index in [1.807, 2.05) is 18.7 Å². The maximum absolute atomic E-state index is 12.5. The van der Waals surface area contributed by atoms with Gasteiger partial charge in [0.15, 0.2) is 0 Å².